The molecule has 2 heteroatoms. The van der Waals surface area contributed by atoms with Crippen molar-refractivity contribution < 1.29 is 4.74 Å². The van der Waals surface area contributed by atoms with Gasteiger partial charge in [0.1, 0.15) is 12.4 Å². The lowest BCUT2D eigenvalue weighted by atomic mass is 10.0. The summed E-state index contributed by atoms with van der Waals surface area (Å²) in [5, 5.41) is 6.07. The normalized spacial score (nSPS) is 12.3. The van der Waals surface area contributed by atoms with Gasteiger partial charge in [0.05, 0.1) is 0 Å². The topological polar surface area (TPSA) is 21.3 Å². The third kappa shape index (κ3) is 4.08. The summed E-state index contributed by atoms with van der Waals surface area (Å²) in [6.07, 6.45) is 1.12. The molecule has 0 saturated carbocycles. The molecule has 1 N–H and O–H groups in total. The van der Waals surface area contributed by atoms with Crippen LogP contribution in [0.15, 0.2) is 48.6 Å². The van der Waals surface area contributed by atoms with Crippen LogP contribution in [0.3, 0.4) is 0 Å². The van der Waals surface area contributed by atoms with Crippen LogP contribution in [-0.2, 0) is 6.54 Å². The molecule has 0 bridgehead atoms. The minimum absolute atomic E-state index is 0.498. The van der Waals surface area contributed by atoms with Crippen LogP contribution in [0.5, 0.6) is 5.75 Å². The molecule has 0 radical (unpaired) electrons. The van der Waals surface area contributed by atoms with Crippen LogP contribution < -0.4 is 10.1 Å². The Morgan fingerprint density at radius 1 is 1.24 bits per heavy atom. The maximum atomic E-state index is 5.93. The Bertz CT molecular complexity index is 618. The first-order chi connectivity index (χ1) is 10.1. The maximum Gasteiger partial charge on any atom is 0.124 e. The van der Waals surface area contributed by atoms with Gasteiger partial charge in [0.15, 0.2) is 0 Å². The average Bonchev–Trinajstić information content (AvgIpc) is 2.50. The first kappa shape index (κ1) is 15.6. The monoisotopic (exact) mass is 283 g/mol. The number of fused-ring (bicyclic) bond motifs is 1. The van der Waals surface area contributed by atoms with Gasteiger partial charge in [0.2, 0.25) is 0 Å². The molecule has 0 saturated heterocycles. The van der Waals surface area contributed by atoms with Gasteiger partial charge in [-0.3, -0.25) is 0 Å². The Morgan fingerprint density at radius 2 is 2.00 bits per heavy atom. The number of nitrogens with one attached hydrogen (secondary N) is 1. The lowest BCUT2D eigenvalue weighted by Crippen LogP contribution is -2.24. The Morgan fingerprint density at radius 3 is 2.71 bits per heavy atom. The van der Waals surface area contributed by atoms with Crippen molar-refractivity contribution in [3.63, 3.8) is 0 Å². The number of hydrogen-bond donors (Lipinski definition) is 1. The molecule has 1 unspecified atom stereocenters. The van der Waals surface area contributed by atoms with Crippen LogP contribution in [0.25, 0.3) is 10.8 Å². The third-order valence-corrected chi connectivity index (χ3v) is 3.71. The van der Waals surface area contributed by atoms with E-state index in [-0.39, 0.29) is 0 Å². The molecule has 2 aromatic rings. The fourth-order valence-electron chi connectivity index (χ4n) is 2.26. The zero-order chi connectivity index (χ0) is 15.2. The summed E-state index contributed by atoms with van der Waals surface area (Å²) in [5.41, 5.74) is 2.26. The standard InChI is InChI=1S/C19H25NO/c1-5-15(4)20-12-18-17-9-7-6-8-16(17)10-11-19(18)21-13-14(2)3/h6-11,15,20H,2,5,12-13H2,1,3-4H3. The molecule has 0 heterocycles. The van der Waals surface area contributed by atoms with E-state index in [1.54, 1.807) is 0 Å². The van der Waals surface area contributed by atoms with E-state index in [1.807, 2.05) is 6.92 Å². The highest BCUT2D eigenvalue weighted by Crippen LogP contribution is 2.28. The Labute approximate surface area is 127 Å². The first-order valence-corrected chi connectivity index (χ1v) is 7.63. The van der Waals surface area contributed by atoms with Gasteiger partial charge in [-0.15, -0.1) is 0 Å². The van der Waals surface area contributed by atoms with E-state index in [9.17, 15) is 0 Å². The molecule has 0 aliphatic heterocycles. The van der Waals surface area contributed by atoms with Gasteiger partial charge in [0, 0.05) is 18.2 Å². The number of hydrogen-bond acceptors (Lipinski definition) is 2. The van der Waals surface area contributed by atoms with Gasteiger partial charge in [-0.05, 0) is 42.7 Å². The Balaban J connectivity index is 2.34. The third-order valence-electron chi connectivity index (χ3n) is 3.71. The molecule has 0 spiro atoms. The second-order valence-corrected chi connectivity index (χ2v) is 5.70. The fraction of sp³-hybridized carbons (Fsp3) is 0.368. The van der Waals surface area contributed by atoms with Crippen molar-refractivity contribution in [2.45, 2.75) is 39.8 Å². The molecule has 0 aliphatic rings. The summed E-state index contributed by atoms with van der Waals surface area (Å²) in [6.45, 7) is 11.7. The van der Waals surface area contributed by atoms with Crippen LogP contribution >= 0.6 is 0 Å². The second-order valence-electron chi connectivity index (χ2n) is 5.70. The summed E-state index contributed by atoms with van der Waals surface area (Å²) >= 11 is 0. The SMILES string of the molecule is C=C(C)COc1ccc2ccccc2c1CNC(C)CC. The zero-order valence-electron chi connectivity index (χ0n) is 13.3. The minimum atomic E-state index is 0.498. The van der Waals surface area contributed by atoms with E-state index in [0.717, 1.165) is 24.3 Å². The molecular formula is C19H25NO. The summed E-state index contributed by atoms with van der Waals surface area (Å²) in [7, 11) is 0. The van der Waals surface area contributed by atoms with E-state index in [2.05, 4.69) is 62.1 Å². The van der Waals surface area contributed by atoms with E-state index in [0.29, 0.717) is 12.6 Å². The van der Waals surface area contributed by atoms with Crippen molar-refractivity contribution in [1.82, 2.24) is 5.32 Å². The van der Waals surface area contributed by atoms with E-state index in [4.69, 9.17) is 4.74 Å². The van der Waals surface area contributed by atoms with Crippen LogP contribution in [0.4, 0.5) is 0 Å². The molecular weight excluding hydrogens is 258 g/mol. The summed E-state index contributed by atoms with van der Waals surface area (Å²) in [4.78, 5) is 0. The molecule has 0 fully saturated rings. The molecule has 2 aromatic carbocycles. The Kier molecular flexibility index (Phi) is 5.40. The van der Waals surface area contributed by atoms with Crippen LogP contribution in [0, 0.1) is 0 Å². The molecule has 21 heavy (non-hydrogen) atoms. The number of rotatable bonds is 7. The van der Waals surface area contributed by atoms with Crippen molar-refractivity contribution in [3.8, 4) is 5.75 Å². The molecule has 2 rings (SSSR count). The molecule has 0 aliphatic carbocycles. The highest BCUT2D eigenvalue weighted by atomic mass is 16.5. The number of ether oxygens (including phenoxy) is 1. The lowest BCUT2D eigenvalue weighted by molar-refractivity contribution is 0.347. The molecule has 2 nitrogen and oxygen atoms in total. The van der Waals surface area contributed by atoms with Gasteiger partial charge < -0.3 is 10.1 Å². The number of benzene rings is 2. The van der Waals surface area contributed by atoms with Crippen molar-refractivity contribution in [2.75, 3.05) is 6.61 Å². The molecule has 0 amide bonds. The average molecular weight is 283 g/mol. The van der Waals surface area contributed by atoms with E-state index < -0.39 is 0 Å². The molecule has 0 aromatic heterocycles. The van der Waals surface area contributed by atoms with Crippen LogP contribution in [0.2, 0.25) is 0 Å². The van der Waals surface area contributed by atoms with Gasteiger partial charge in [-0.1, -0.05) is 43.8 Å². The predicted octanol–water partition coefficient (Wildman–Crippen LogP) is 4.68. The summed E-state index contributed by atoms with van der Waals surface area (Å²) in [5.74, 6) is 0.951. The quantitative estimate of drug-likeness (QED) is 0.745. The van der Waals surface area contributed by atoms with Gasteiger partial charge in [-0.25, -0.2) is 0 Å². The maximum absolute atomic E-state index is 5.93. The molecule has 112 valence electrons. The van der Waals surface area contributed by atoms with E-state index in [1.165, 1.54) is 16.3 Å². The van der Waals surface area contributed by atoms with Gasteiger partial charge >= 0.3 is 0 Å². The highest BCUT2D eigenvalue weighted by molar-refractivity contribution is 5.87. The van der Waals surface area contributed by atoms with Crippen molar-refractivity contribution in [2.24, 2.45) is 0 Å². The predicted molar refractivity (Wildman–Crippen MR) is 90.8 cm³/mol. The second kappa shape index (κ2) is 7.28. The lowest BCUT2D eigenvalue weighted by Gasteiger charge is -2.17. The van der Waals surface area contributed by atoms with Crippen molar-refractivity contribution >= 4 is 10.8 Å². The van der Waals surface area contributed by atoms with Gasteiger partial charge in [-0.2, -0.15) is 0 Å². The van der Waals surface area contributed by atoms with Crippen LogP contribution in [-0.4, -0.2) is 12.6 Å². The summed E-state index contributed by atoms with van der Waals surface area (Å²) in [6, 6.07) is 13.1. The van der Waals surface area contributed by atoms with Crippen LogP contribution in [0.1, 0.15) is 32.8 Å². The van der Waals surface area contributed by atoms with Crippen molar-refractivity contribution in [1.29, 1.82) is 0 Å². The van der Waals surface area contributed by atoms with E-state index >= 15 is 0 Å². The minimum Gasteiger partial charge on any atom is -0.489 e. The molecule has 1 atom stereocenters. The Hall–Kier alpha value is -1.80. The summed E-state index contributed by atoms with van der Waals surface area (Å²) < 4.78 is 5.93. The largest absolute Gasteiger partial charge is 0.489 e. The zero-order valence-corrected chi connectivity index (χ0v) is 13.3. The highest BCUT2D eigenvalue weighted by Gasteiger charge is 2.10. The first-order valence-electron chi connectivity index (χ1n) is 7.63. The van der Waals surface area contributed by atoms with Crippen molar-refractivity contribution in [3.05, 3.63) is 54.1 Å². The van der Waals surface area contributed by atoms with Gasteiger partial charge in [0.25, 0.3) is 0 Å². The smallest absolute Gasteiger partial charge is 0.124 e. The fourth-order valence-corrected chi connectivity index (χ4v) is 2.26.